The highest BCUT2D eigenvalue weighted by molar-refractivity contribution is 6.05. The Balaban J connectivity index is 1.71. The number of hydrogen-bond acceptors (Lipinski definition) is 4. The fourth-order valence-corrected chi connectivity index (χ4v) is 7.88. The molecule has 0 radical (unpaired) electrons. The number of Topliss-reactive ketones (excluding diaryl/α,β-unsaturated/α-hetero) is 1. The van der Waals surface area contributed by atoms with Crippen molar-refractivity contribution in [3.8, 4) is 0 Å². The molecule has 25 heavy (non-hydrogen) atoms. The zero-order chi connectivity index (χ0) is 17.9. The lowest BCUT2D eigenvalue weighted by Crippen LogP contribution is -2.67. The van der Waals surface area contributed by atoms with E-state index in [-0.39, 0.29) is 28.5 Å². The normalized spacial score (nSPS) is 56.4. The molecule has 1 saturated heterocycles. The van der Waals surface area contributed by atoms with E-state index in [4.69, 9.17) is 9.47 Å². The molecule has 0 N–H and O–H groups in total. The highest BCUT2D eigenvalue weighted by Crippen LogP contribution is 2.77. The molecule has 5 fully saturated rings. The molecular weight excluding hydrogens is 316 g/mol. The summed E-state index contributed by atoms with van der Waals surface area (Å²) in [4.78, 5) is 26.4. The monoisotopic (exact) mass is 344 g/mol. The molecule has 4 aliphatic carbocycles. The zero-order valence-corrected chi connectivity index (χ0v) is 15.6. The van der Waals surface area contributed by atoms with Crippen LogP contribution in [0, 0.1) is 22.2 Å². The third-order valence-electron chi connectivity index (χ3n) is 9.43. The predicted octanol–water partition coefficient (Wildman–Crippen LogP) is 3.58. The molecular formula is C21H28O4. The Bertz CT molecular complexity index is 727. The van der Waals surface area contributed by atoms with Crippen molar-refractivity contribution in [2.24, 2.45) is 22.2 Å². The van der Waals surface area contributed by atoms with E-state index < -0.39 is 16.6 Å². The number of methoxy groups -OCH3 is 1. The Morgan fingerprint density at radius 2 is 1.88 bits per heavy atom. The lowest BCUT2D eigenvalue weighted by atomic mass is 9.39. The summed E-state index contributed by atoms with van der Waals surface area (Å²) in [5.74, 6) is 0.395. The standard InChI is InChI=1S/C21H28O4/c1-13-15(22)19-9-6-14-17(2)7-5-8-21(14,25-16(17)23)18(19,3)10-11-20(13,12-19)24-4/h14H,1,5-12H2,2-4H3/t14-,17-,18+,19+,20-,21+/m1/s1. The van der Waals surface area contributed by atoms with E-state index in [1.807, 2.05) is 0 Å². The summed E-state index contributed by atoms with van der Waals surface area (Å²) in [6.07, 6.45) is 6.95. The minimum Gasteiger partial charge on any atom is -0.458 e. The van der Waals surface area contributed by atoms with E-state index in [1.54, 1.807) is 7.11 Å². The summed E-state index contributed by atoms with van der Waals surface area (Å²) in [5.41, 5.74) is -1.47. The Morgan fingerprint density at radius 3 is 2.60 bits per heavy atom. The number of ether oxygens (including phenoxy) is 2. The fourth-order valence-electron chi connectivity index (χ4n) is 7.88. The molecule has 0 aromatic heterocycles. The summed E-state index contributed by atoms with van der Waals surface area (Å²) < 4.78 is 12.2. The number of fused-ring (bicyclic) bond motifs is 1. The molecule has 4 bridgehead atoms. The molecule has 1 spiro atoms. The second-order valence-electron chi connectivity index (χ2n) is 9.74. The van der Waals surface area contributed by atoms with E-state index in [0.717, 1.165) is 44.9 Å². The van der Waals surface area contributed by atoms with Gasteiger partial charge in [-0.2, -0.15) is 0 Å². The highest BCUT2D eigenvalue weighted by Gasteiger charge is 2.81. The van der Waals surface area contributed by atoms with Gasteiger partial charge in [0.1, 0.15) is 5.60 Å². The molecule has 4 heteroatoms. The second kappa shape index (κ2) is 4.21. The van der Waals surface area contributed by atoms with Gasteiger partial charge in [0.15, 0.2) is 5.78 Å². The molecule has 0 unspecified atom stereocenters. The number of esters is 1. The van der Waals surface area contributed by atoms with Crippen LogP contribution < -0.4 is 0 Å². The summed E-state index contributed by atoms with van der Waals surface area (Å²) in [6, 6.07) is 0. The van der Waals surface area contributed by atoms with Crippen LogP contribution >= 0.6 is 0 Å². The third-order valence-corrected chi connectivity index (χ3v) is 9.43. The first-order chi connectivity index (χ1) is 11.7. The second-order valence-corrected chi connectivity index (χ2v) is 9.74. The van der Waals surface area contributed by atoms with Crippen LogP contribution in [0.15, 0.2) is 12.2 Å². The van der Waals surface area contributed by atoms with Crippen LogP contribution in [0.3, 0.4) is 0 Å². The van der Waals surface area contributed by atoms with Crippen LogP contribution in [-0.4, -0.2) is 30.1 Å². The fraction of sp³-hybridized carbons (Fsp3) is 0.810. The minimum absolute atomic E-state index is 0.0267. The van der Waals surface area contributed by atoms with Gasteiger partial charge in [0, 0.05) is 29.4 Å². The van der Waals surface area contributed by atoms with Crippen molar-refractivity contribution in [3.63, 3.8) is 0 Å². The van der Waals surface area contributed by atoms with Gasteiger partial charge in [-0.05, 0) is 58.3 Å². The minimum atomic E-state index is -0.499. The zero-order valence-electron chi connectivity index (χ0n) is 15.6. The van der Waals surface area contributed by atoms with E-state index in [1.165, 1.54) is 0 Å². The quantitative estimate of drug-likeness (QED) is 0.539. The molecule has 4 saturated carbocycles. The van der Waals surface area contributed by atoms with Gasteiger partial charge < -0.3 is 9.47 Å². The van der Waals surface area contributed by atoms with Crippen molar-refractivity contribution in [1.29, 1.82) is 0 Å². The Morgan fingerprint density at radius 1 is 1.12 bits per heavy atom. The molecule has 1 aliphatic heterocycles. The van der Waals surface area contributed by atoms with E-state index in [9.17, 15) is 9.59 Å². The van der Waals surface area contributed by atoms with Gasteiger partial charge in [0.25, 0.3) is 0 Å². The number of rotatable bonds is 1. The van der Waals surface area contributed by atoms with Crippen molar-refractivity contribution in [3.05, 3.63) is 12.2 Å². The van der Waals surface area contributed by atoms with Crippen LogP contribution in [0.4, 0.5) is 0 Å². The number of carbonyl (C=O) groups is 2. The van der Waals surface area contributed by atoms with E-state index >= 15 is 0 Å². The van der Waals surface area contributed by atoms with E-state index in [0.29, 0.717) is 12.0 Å². The molecule has 1 heterocycles. The maximum absolute atomic E-state index is 13.5. The van der Waals surface area contributed by atoms with Gasteiger partial charge in [-0.1, -0.05) is 13.5 Å². The van der Waals surface area contributed by atoms with Crippen LogP contribution in [0.2, 0.25) is 0 Å². The molecule has 6 atom stereocenters. The third kappa shape index (κ3) is 1.35. The maximum atomic E-state index is 13.5. The molecule has 0 aromatic carbocycles. The van der Waals surface area contributed by atoms with Gasteiger partial charge in [-0.15, -0.1) is 0 Å². The van der Waals surface area contributed by atoms with Gasteiger partial charge >= 0.3 is 5.97 Å². The van der Waals surface area contributed by atoms with Crippen molar-refractivity contribution in [1.82, 2.24) is 0 Å². The summed E-state index contributed by atoms with van der Waals surface area (Å²) in [6.45, 7) is 8.48. The van der Waals surface area contributed by atoms with Crippen LogP contribution in [0.1, 0.15) is 65.2 Å². The smallest absolute Gasteiger partial charge is 0.312 e. The molecule has 4 nitrogen and oxygen atoms in total. The molecule has 5 rings (SSSR count). The first-order valence-electron chi connectivity index (χ1n) is 9.74. The van der Waals surface area contributed by atoms with Crippen LogP contribution in [-0.2, 0) is 19.1 Å². The molecule has 5 aliphatic rings. The molecule has 0 aromatic rings. The van der Waals surface area contributed by atoms with Crippen molar-refractivity contribution in [2.75, 3.05) is 7.11 Å². The average Bonchev–Trinajstić information content (AvgIpc) is 2.85. The summed E-state index contributed by atoms with van der Waals surface area (Å²) in [5, 5.41) is 0. The average molecular weight is 344 g/mol. The Labute approximate surface area is 149 Å². The first-order valence-corrected chi connectivity index (χ1v) is 9.74. The number of hydrogen-bond donors (Lipinski definition) is 0. The first kappa shape index (κ1) is 16.0. The summed E-state index contributed by atoms with van der Waals surface area (Å²) >= 11 is 0. The lowest BCUT2D eigenvalue weighted by Gasteiger charge is -2.64. The van der Waals surface area contributed by atoms with Crippen LogP contribution in [0.5, 0.6) is 0 Å². The maximum Gasteiger partial charge on any atom is 0.312 e. The predicted molar refractivity (Wildman–Crippen MR) is 91.8 cm³/mol. The molecule has 136 valence electrons. The van der Waals surface area contributed by atoms with Gasteiger partial charge in [-0.3, -0.25) is 9.59 Å². The molecule has 0 amide bonds. The number of carbonyl (C=O) groups excluding carboxylic acids is 2. The van der Waals surface area contributed by atoms with Gasteiger partial charge in [-0.25, -0.2) is 0 Å². The number of ketones is 1. The Kier molecular flexibility index (Phi) is 2.71. The van der Waals surface area contributed by atoms with Crippen molar-refractivity contribution < 1.29 is 19.1 Å². The Hall–Kier alpha value is -1.16. The van der Waals surface area contributed by atoms with Gasteiger partial charge in [0.05, 0.1) is 11.0 Å². The summed E-state index contributed by atoms with van der Waals surface area (Å²) in [7, 11) is 1.71. The topological polar surface area (TPSA) is 52.6 Å². The lowest BCUT2D eigenvalue weighted by molar-refractivity contribution is -0.232. The van der Waals surface area contributed by atoms with Crippen molar-refractivity contribution >= 4 is 11.8 Å². The van der Waals surface area contributed by atoms with Crippen LogP contribution in [0.25, 0.3) is 0 Å². The SMILES string of the molecule is C=C1C(=O)[C@@]23CC[C@@H]4[C@@]5(C)CCC[C@@]4(OC5=O)[C@@]2(C)CC[C@@]1(OC)C3. The highest BCUT2D eigenvalue weighted by atomic mass is 16.6. The van der Waals surface area contributed by atoms with E-state index in [2.05, 4.69) is 20.4 Å². The van der Waals surface area contributed by atoms with Crippen molar-refractivity contribution in [2.45, 2.75) is 76.4 Å². The van der Waals surface area contributed by atoms with Gasteiger partial charge in [0.2, 0.25) is 0 Å². The largest absolute Gasteiger partial charge is 0.458 e.